The SMILES string of the molecule is CCCCCCCCCCCCNC(=O)c1cccc2ccncc12. The Kier molecular flexibility index (Phi) is 9.03. The van der Waals surface area contributed by atoms with E-state index in [0.717, 1.165) is 29.3 Å². The molecule has 0 unspecified atom stereocenters. The Morgan fingerprint density at radius 2 is 1.60 bits per heavy atom. The van der Waals surface area contributed by atoms with Crippen LogP contribution in [0.1, 0.15) is 81.5 Å². The first kappa shape index (κ1) is 19.4. The standard InChI is InChI=1S/C22H32N2O/c1-2-3-4-5-6-7-8-9-10-11-16-24-22(25)20-14-12-13-19-15-17-23-18-21(19)20/h12-15,17-18H,2-11,16H2,1H3,(H,24,25). The number of benzene rings is 1. The third-order valence-corrected chi connectivity index (χ3v) is 4.74. The van der Waals surface area contributed by atoms with Gasteiger partial charge >= 0.3 is 0 Å². The fraction of sp³-hybridized carbons (Fsp3) is 0.545. The van der Waals surface area contributed by atoms with Crippen molar-refractivity contribution in [2.75, 3.05) is 6.54 Å². The highest BCUT2D eigenvalue weighted by Crippen LogP contribution is 2.17. The Balaban J connectivity index is 1.58. The van der Waals surface area contributed by atoms with Crippen molar-refractivity contribution < 1.29 is 4.79 Å². The first-order valence-electron chi connectivity index (χ1n) is 9.94. The molecule has 2 rings (SSSR count). The van der Waals surface area contributed by atoms with E-state index < -0.39 is 0 Å². The molecule has 0 bridgehead atoms. The van der Waals surface area contributed by atoms with Gasteiger partial charge in [0.15, 0.2) is 0 Å². The van der Waals surface area contributed by atoms with Gasteiger partial charge in [-0.15, -0.1) is 0 Å². The quantitative estimate of drug-likeness (QED) is 0.490. The number of aromatic nitrogens is 1. The number of hydrogen-bond acceptors (Lipinski definition) is 2. The second-order valence-electron chi connectivity index (χ2n) is 6.84. The van der Waals surface area contributed by atoms with Crippen LogP contribution in [-0.2, 0) is 0 Å². The van der Waals surface area contributed by atoms with E-state index in [-0.39, 0.29) is 5.91 Å². The molecule has 2 aromatic rings. The normalized spacial score (nSPS) is 10.9. The third-order valence-electron chi connectivity index (χ3n) is 4.74. The molecule has 0 aliphatic heterocycles. The van der Waals surface area contributed by atoms with Gasteiger partial charge in [-0.25, -0.2) is 0 Å². The lowest BCUT2D eigenvalue weighted by Crippen LogP contribution is -2.24. The zero-order valence-corrected chi connectivity index (χ0v) is 15.6. The lowest BCUT2D eigenvalue weighted by molar-refractivity contribution is 0.0954. The first-order valence-corrected chi connectivity index (χ1v) is 9.94. The smallest absolute Gasteiger partial charge is 0.251 e. The molecular formula is C22H32N2O. The number of carbonyl (C=O) groups excluding carboxylic acids is 1. The monoisotopic (exact) mass is 340 g/mol. The van der Waals surface area contributed by atoms with Crippen LogP contribution in [0.4, 0.5) is 0 Å². The van der Waals surface area contributed by atoms with Crippen molar-refractivity contribution >= 4 is 16.7 Å². The summed E-state index contributed by atoms with van der Waals surface area (Å²) in [6.45, 7) is 3.02. The highest BCUT2D eigenvalue weighted by Gasteiger charge is 2.08. The summed E-state index contributed by atoms with van der Waals surface area (Å²) in [7, 11) is 0. The molecule has 0 fully saturated rings. The van der Waals surface area contributed by atoms with Crippen LogP contribution in [0, 0.1) is 0 Å². The van der Waals surface area contributed by atoms with Crippen molar-refractivity contribution in [2.24, 2.45) is 0 Å². The number of carbonyl (C=O) groups is 1. The predicted molar refractivity (Wildman–Crippen MR) is 106 cm³/mol. The molecule has 0 spiro atoms. The zero-order chi connectivity index (χ0) is 17.7. The van der Waals surface area contributed by atoms with Crippen molar-refractivity contribution in [3.05, 3.63) is 42.2 Å². The number of rotatable bonds is 12. The minimum absolute atomic E-state index is 0.00882. The molecule has 1 heterocycles. The summed E-state index contributed by atoms with van der Waals surface area (Å²) in [6, 6.07) is 7.75. The Bertz CT molecular complexity index is 633. The fourth-order valence-corrected chi connectivity index (χ4v) is 3.22. The van der Waals surface area contributed by atoms with E-state index in [1.165, 1.54) is 57.8 Å². The maximum Gasteiger partial charge on any atom is 0.251 e. The Hall–Kier alpha value is -1.90. The van der Waals surface area contributed by atoms with E-state index in [1.54, 1.807) is 12.4 Å². The van der Waals surface area contributed by atoms with Gasteiger partial charge in [-0.05, 0) is 23.9 Å². The second-order valence-corrected chi connectivity index (χ2v) is 6.84. The number of pyridine rings is 1. The Labute approximate surface area is 152 Å². The Morgan fingerprint density at radius 1 is 0.920 bits per heavy atom. The van der Waals surface area contributed by atoms with Gasteiger partial charge in [0.05, 0.1) is 0 Å². The maximum absolute atomic E-state index is 12.4. The van der Waals surface area contributed by atoms with Crippen molar-refractivity contribution in [3.8, 4) is 0 Å². The summed E-state index contributed by atoms with van der Waals surface area (Å²) < 4.78 is 0. The third kappa shape index (κ3) is 6.85. The second kappa shape index (κ2) is 11.6. The number of fused-ring (bicyclic) bond motifs is 1. The molecule has 0 atom stereocenters. The summed E-state index contributed by atoms with van der Waals surface area (Å²) >= 11 is 0. The van der Waals surface area contributed by atoms with Crippen molar-refractivity contribution in [3.63, 3.8) is 0 Å². The highest BCUT2D eigenvalue weighted by molar-refractivity contribution is 6.06. The molecule has 3 heteroatoms. The van der Waals surface area contributed by atoms with E-state index in [4.69, 9.17) is 0 Å². The van der Waals surface area contributed by atoms with Gasteiger partial charge in [0.1, 0.15) is 0 Å². The molecule has 1 amide bonds. The van der Waals surface area contributed by atoms with E-state index in [1.807, 2.05) is 24.3 Å². The molecule has 0 aliphatic rings. The van der Waals surface area contributed by atoms with Gasteiger partial charge in [0.2, 0.25) is 0 Å². The largest absolute Gasteiger partial charge is 0.352 e. The van der Waals surface area contributed by atoms with Gasteiger partial charge in [-0.1, -0.05) is 76.8 Å². The topological polar surface area (TPSA) is 42.0 Å². The van der Waals surface area contributed by atoms with Crippen LogP contribution < -0.4 is 5.32 Å². The zero-order valence-electron chi connectivity index (χ0n) is 15.6. The molecular weight excluding hydrogens is 308 g/mol. The van der Waals surface area contributed by atoms with Crippen LogP contribution in [0.5, 0.6) is 0 Å². The van der Waals surface area contributed by atoms with E-state index in [9.17, 15) is 4.79 Å². The van der Waals surface area contributed by atoms with Gasteiger partial charge < -0.3 is 5.32 Å². The fourth-order valence-electron chi connectivity index (χ4n) is 3.22. The summed E-state index contributed by atoms with van der Waals surface area (Å²) in [5.74, 6) is 0.00882. The minimum Gasteiger partial charge on any atom is -0.352 e. The highest BCUT2D eigenvalue weighted by atomic mass is 16.1. The molecule has 136 valence electrons. The van der Waals surface area contributed by atoms with Crippen LogP contribution in [0.25, 0.3) is 10.8 Å². The predicted octanol–water partition coefficient (Wildman–Crippen LogP) is 5.89. The lowest BCUT2D eigenvalue weighted by Gasteiger charge is -2.08. The van der Waals surface area contributed by atoms with Crippen LogP contribution in [0.15, 0.2) is 36.7 Å². The Morgan fingerprint density at radius 3 is 2.32 bits per heavy atom. The molecule has 3 nitrogen and oxygen atoms in total. The summed E-state index contributed by atoms with van der Waals surface area (Å²) in [5, 5.41) is 5.03. The van der Waals surface area contributed by atoms with Crippen LogP contribution in [0.3, 0.4) is 0 Å². The average molecular weight is 341 g/mol. The van der Waals surface area contributed by atoms with Crippen molar-refractivity contribution in [2.45, 2.75) is 71.1 Å². The van der Waals surface area contributed by atoms with Gasteiger partial charge in [-0.3, -0.25) is 9.78 Å². The molecule has 0 saturated heterocycles. The molecule has 1 aromatic heterocycles. The summed E-state index contributed by atoms with van der Waals surface area (Å²) in [5.41, 5.74) is 0.720. The van der Waals surface area contributed by atoms with E-state index in [2.05, 4.69) is 17.2 Å². The van der Waals surface area contributed by atoms with Gasteiger partial charge in [0.25, 0.3) is 5.91 Å². The molecule has 0 saturated carbocycles. The van der Waals surface area contributed by atoms with Crippen molar-refractivity contribution in [1.82, 2.24) is 10.3 Å². The van der Waals surface area contributed by atoms with E-state index in [0.29, 0.717) is 0 Å². The molecule has 25 heavy (non-hydrogen) atoms. The van der Waals surface area contributed by atoms with Gasteiger partial charge in [-0.2, -0.15) is 0 Å². The molecule has 1 N–H and O–H groups in total. The maximum atomic E-state index is 12.4. The van der Waals surface area contributed by atoms with Crippen LogP contribution in [0.2, 0.25) is 0 Å². The molecule has 0 aliphatic carbocycles. The number of nitrogens with zero attached hydrogens (tertiary/aromatic N) is 1. The number of amides is 1. The van der Waals surface area contributed by atoms with Crippen molar-refractivity contribution in [1.29, 1.82) is 0 Å². The minimum atomic E-state index is 0.00882. The van der Waals surface area contributed by atoms with E-state index >= 15 is 0 Å². The summed E-state index contributed by atoms with van der Waals surface area (Å²) in [6.07, 6.45) is 16.6. The van der Waals surface area contributed by atoms with Crippen LogP contribution >= 0.6 is 0 Å². The average Bonchev–Trinajstić information content (AvgIpc) is 2.65. The molecule has 0 radical (unpaired) electrons. The number of nitrogens with one attached hydrogen (secondary N) is 1. The first-order chi connectivity index (χ1) is 12.3. The molecule has 1 aromatic carbocycles. The van der Waals surface area contributed by atoms with Gasteiger partial charge in [0, 0.05) is 29.9 Å². The summed E-state index contributed by atoms with van der Waals surface area (Å²) in [4.78, 5) is 16.5. The van der Waals surface area contributed by atoms with Crippen LogP contribution in [-0.4, -0.2) is 17.4 Å². The lowest BCUT2D eigenvalue weighted by atomic mass is 10.1. The number of unbranched alkanes of at least 4 members (excludes halogenated alkanes) is 9. The number of hydrogen-bond donors (Lipinski definition) is 1.